The molecule has 1 saturated carbocycles. The van der Waals surface area contributed by atoms with Crippen molar-refractivity contribution in [2.24, 2.45) is 5.41 Å². The summed E-state index contributed by atoms with van der Waals surface area (Å²) in [5, 5.41) is 0. The van der Waals surface area contributed by atoms with Crippen molar-refractivity contribution in [1.82, 2.24) is 0 Å². The molecule has 1 fully saturated rings. The highest BCUT2D eigenvalue weighted by Crippen LogP contribution is 2.45. The number of carbonyl (C=O) groups excluding carboxylic acids is 1. The van der Waals surface area contributed by atoms with Crippen molar-refractivity contribution in [2.75, 3.05) is 0 Å². The van der Waals surface area contributed by atoms with Gasteiger partial charge in [-0.15, -0.1) is 0 Å². The van der Waals surface area contributed by atoms with Crippen molar-refractivity contribution in [3.63, 3.8) is 0 Å². The van der Waals surface area contributed by atoms with Crippen molar-refractivity contribution in [3.05, 3.63) is 11.6 Å². The molecule has 0 radical (unpaired) electrons. The van der Waals surface area contributed by atoms with Crippen LogP contribution in [0.1, 0.15) is 45.4 Å². The lowest BCUT2D eigenvalue weighted by Crippen LogP contribution is -2.27. The normalized spacial score (nSPS) is 35.8. The molecule has 0 amide bonds. The summed E-state index contributed by atoms with van der Waals surface area (Å²) < 4.78 is 0. The summed E-state index contributed by atoms with van der Waals surface area (Å²) in [6.07, 6.45) is 8.68. The third kappa shape index (κ3) is 1.12. The molecule has 0 aliphatic heterocycles. The molecule has 0 saturated heterocycles. The Kier molecular flexibility index (Phi) is 1.82. The second-order valence-corrected chi connectivity index (χ2v) is 4.31. The first-order valence-electron chi connectivity index (χ1n) is 4.92. The fraction of sp³-hybridized carbons (Fsp3) is 0.727. The van der Waals surface area contributed by atoms with E-state index in [4.69, 9.17) is 0 Å². The molecule has 2 aliphatic rings. The van der Waals surface area contributed by atoms with E-state index in [2.05, 4.69) is 13.0 Å². The molecular weight excluding hydrogens is 148 g/mol. The van der Waals surface area contributed by atoms with Gasteiger partial charge >= 0.3 is 0 Å². The van der Waals surface area contributed by atoms with Gasteiger partial charge in [0.05, 0.1) is 0 Å². The van der Waals surface area contributed by atoms with Crippen molar-refractivity contribution in [2.45, 2.75) is 45.4 Å². The van der Waals surface area contributed by atoms with E-state index in [-0.39, 0.29) is 5.41 Å². The van der Waals surface area contributed by atoms with Gasteiger partial charge in [-0.25, -0.2) is 0 Å². The van der Waals surface area contributed by atoms with Crippen LogP contribution in [0, 0.1) is 5.41 Å². The number of carbonyl (C=O) groups is 1. The Bertz CT molecular complexity index is 239. The van der Waals surface area contributed by atoms with Crippen LogP contribution in [0.2, 0.25) is 0 Å². The standard InChI is InChI=1S/C11H16O/c1-9-4-7-11(8-5-9)6-2-3-10(11)12/h4H,2-3,5-8H2,1H3/t11-/m0/s1. The lowest BCUT2D eigenvalue weighted by molar-refractivity contribution is -0.126. The molecule has 66 valence electrons. The predicted molar refractivity (Wildman–Crippen MR) is 48.9 cm³/mol. The third-order valence-corrected chi connectivity index (χ3v) is 3.49. The van der Waals surface area contributed by atoms with Crippen LogP contribution >= 0.6 is 0 Å². The van der Waals surface area contributed by atoms with Crippen molar-refractivity contribution >= 4 is 5.78 Å². The van der Waals surface area contributed by atoms with Crippen molar-refractivity contribution in [1.29, 1.82) is 0 Å². The first-order valence-corrected chi connectivity index (χ1v) is 4.92. The minimum Gasteiger partial charge on any atom is -0.299 e. The summed E-state index contributed by atoms with van der Waals surface area (Å²) in [5.74, 6) is 0.534. The monoisotopic (exact) mass is 164 g/mol. The highest BCUT2D eigenvalue weighted by atomic mass is 16.1. The highest BCUT2D eigenvalue weighted by Gasteiger charge is 2.41. The Labute approximate surface area is 73.8 Å². The van der Waals surface area contributed by atoms with Gasteiger partial charge in [0, 0.05) is 11.8 Å². The van der Waals surface area contributed by atoms with Crippen LogP contribution in [-0.2, 0) is 4.79 Å². The second kappa shape index (κ2) is 2.72. The van der Waals surface area contributed by atoms with E-state index in [1.807, 2.05) is 0 Å². The van der Waals surface area contributed by atoms with E-state index < -0.39 is 0 Å². The van der Waals surface area contributed by atoms with Crippen LogP contribution in [0.4, 0.5) is 0 Å². The Hall–Kier alpha value is -0.590. The average Bonchev–Trinajstić information content (AvgIpc) is 2.41. The molecule has 0 heterocycles. The predicted octanol–water partition coefficient (Wildman–Crippen LogP) is 2.86. The van der Waals surface area contributed by atoms with Gasteiger partial charge in [-0.2, -0.15) is 0 Å². The first kappa shape index (κ1) is 8.03. The molecule has 0 aromatic carbocycles. The minimum absolute atomic E-state index is 0.0967. The molecule has 0 N–H and O–H groups in total. The molecule has 0 unspecified atom stereocenters. The molecule has 2 aliphatic carbocycles. The van der Waals surface area contributed by atoms with Crippen LogP contribution in [0.15, 0.2) is 11.6 Å². The molecular formula is C11H16O. The van der Waals surface area contributed by atoms with E-state index >= 15 is 0 Å². The zero-order valence-electron chi connectivity index (χ0n) is 7.73. The third-order valence-electron chi connectivity index (χ3n) is 3.49. The van der Waals surface area contributed by atoms with Crippen molar-refractivity contribution in [3.8, 4) is 0 Å². The summed E-state index contributed by atoms with van der Waals surface area (Å²) in [6, 6.07) is 0. The maximum atomic E-state index is 11.6. The summed E-state index contributed by atoms with van der Waals surface area (Å²) in [7, 11) is 0. The molecule has 2 rings (SSSR count). The van der Waals surface area contributed by atoms with Gasteiger partial charge in [-0.1, -0.05) is 11.6 Å². The molecule has 1 atom stereocenters. The second-order valence-electron chi connectivity index (χ2n) is 4.31. The fourth-order valence-corrected chi connectivity index (χ4v) is 2.48. The lowest BCUT2D eigenvalue weighted by atomic mass is 9.73. The van der Waals surface area contributed by atoms with Gasteiger partial charge in [0.25, 0.3) is 0 Å². The zero-order chi connectivity index (χ0) is 8.60. The van der Waals surface area contributed by atoms with Crippen molar-refractivity contribution < 1.29 is 4.79 Å². The molecule has 1 spiro atoms. The Morgan fingerprint density at radius 3 is 2.67 bits per heavy atom. The number of Topliss-reactive ketones (excluding diaryl/α,β-unsaturated/α-hetero) is 1. The SMILES string of the molecule is CC1=CC[C@@]2(CCCC2=O)CC1. The molecule has 12 heavy (non-hydrogen) atoms. The maximum absolute atomic E-state index is 11.6. The number of rotatable bonds is 0. The van der Waals surface area contributed by atoms with Gasteiger partial charge < -0.3 is 0 Å². The Morgan fingerprint density at radius 1 is 1.33 bits per heavy atom. The molecule has 1 nitrogen and oxygen atoms in total. The quantitative estimate of drug-likeness (QED) is 0.503. The summed E-state index contributed by atoms with van der Waals surface area (Å²) in [4.78, 5) is 11.6. The van der Waals surface area contributed by atoms with Crippen LogP contribution in [0.25, 0.3) is 0 Å². The maximum Gasteiger partial charge on any atom is 0.139 e. The highest BCUT2D eigenvalue weighted by molar-refractivity contribution is 5.87. The van der Waals surface area contributed by atoms with E-state index in [1.165, 1.54) is 5.57 Å². The Balaban J connectivity index is 2.18. The Morgan fingerprint density at radius 2 is 2.17 bits per heavy atom. The first-order chi connectivity index (χ1) is 5.73. The van der Waals surface area contributed by atoms with Gasteiger partial charge in [-0.3, -0.25) is 4.79 Å². The molecule has 1 heteroatoms. The minimum atomic E-state index is 0.0967. The van der Waals surface area contributed by atoms with Gasteiger partial charge in [0.2, 0.25) is 0 Å². The van der Waals surface area contributed by atoms with E-state index in [9.17, 15) is 4.79 Å². The van der Waals surface area contributed by atoms with Crippen LogP contribution < -0.4 is 0 Å². The molecule has 0 aromatic heterocycles. The summed E-state index contributed by atoms with van der Waals surface area (Å²) in [6.45, 7) is 2.17. The summed E-state index contributed by atoms with van der Waals surface area (Å²) >= 11 is 0. The fourth-order valence-electron chi connectivity index (χ4n) is 2.48. The number of hydrogen-bond acceptors (Lipinski definition) is 1. The van der Waals surface area contributed by atoms with E-state index in [0.29, 0.717) is 5.78 Å². The van der Waals surface area contributed by atoms with Gasteiger partial charge in [0.1, 0.15) is 5.78 Å². The largest absolute Gasteiger partial charge is 0.299 e. The summed E-state index contributed by atoms with van der Waals surface area (Å²) in [5.41, 5.74) is 1.57. The smallest absolute Gasteiger partial charge is 0.139 e. The number of allylic oxidation sites excluding steroid dienone is 2. The zero-order valence-corrected chi connectivity index (χ0v) is 7.73. The molecule has 0 bridgehead atoms. The van der Waals surface area contributed by atoms with Crippen LogP contribution in [0.5, 0.6) is 0 Å². The van der Waals surface area contributed by atoms with Gasteiger partial charge in [0.15, 0.2) is 0 Å². The van der Waals surface area contributed by atoms with E-state index in [1.54, 1.807) is 0 Å². The molecule has 0 aromatic rings. The number of hydrogen-bond donors (Lipinski definition) is 0. The average molecular weight is 164 g/mol. The van der Waals surface area contributed by atoms with E-state index in [0.717, 1.165) is 38.5 Å². The number of ketones is 1. The van der Waals surface area contributed by atoms with Crippen LogP contribution in [0.3, 0.4) is 0 Å². The van der Waals surface area contributed by atoms with Gasteiger partial charge in [-0.05, 0) is 39.0 Å². The topological polar surface area (TPSA) is 17.1 Å². The lowest BCUT2D eigenvalue weighted by Gasteiger charge is -2.29. The van der Waals surface area contributed by atoms with Crippen LogP contribution in [-0.4, -0.2) is 5.78 Å².